The van der Waals surface area contributed by atoms with Crippen LogP contribution in [0.5, 0.6) is 0 Å². The Morgan fingerprint density at radius 2 is 2.12 bits per heavy atom. The number of halogens is 3. The van der Waals surface area contributed by atoms with E-state index in [4.69, 9.17) is 0 Å². The molecule has 3 nitrogen and oxygen atoms in total. The van der Waals surface area contributed by atoms with Gasteiger partial charge in [-0.15, -0.1) is 0 Å². The molecule has 0 aliphatic heterocycles. The van der Waals surface area contributed by atoms with Crippen LogP contribution in [0.2, 0.25) is 0 Å². The third-order valence-corrected chi connectivity index (χ3v) is 1.84. The van der Waals surface area contributed by atoms with Crippen molar-refractivity contribution < 1.29 is 22.7 Å². The number of carbonyl (C=O) groups excluding carboxylic acids is 1. The lowest BCUT2D eigenvalue weighted by Gasteiger charge is -2.11. The molecule has 6 heteroatoms. The number of esters is 1. The van der Waals surface area contributed by atoms with Crippen molar-refractivity contribution >= 4 is 5.97 Å². The highest BCUT2D eigenvalue weighted by Gasteiger charge is 2.36. The van der Waals surface area contributed by atoms with Gasteiger partial charge in [-0.05, 0) is 19.9 Å². The Labute approximate surface area is 90.2 Å². The largest absolute Gasteiger partial charge is 0.462 e. The molecule has 0 unspecified atom stereocenters. The highest BCUT2D eigenvalue weighted by atomic mass is 19.4. The third-order valence-electron chi connectivity index (χ3n) is 1.84. The molecule has 1 rings (SSSR count). The number of rotatable bonds is 2. The Hall–Kier alpha value is -1.59. The number of carbonyl (C=O) groups is 1. The summed E-state index contributed by atoms with van der Waals surface area (Å²) in [6.45, 7) is 2.96. The Morgan fingerprint density at radius 3 is 2.62 bits per heavy atom. The van der Waals surface area contributed by atoms with Crippen LogP contribution >= 0.6 is 0 Å². The predicted molar refractivity (Wildman–Crippen MR) is 49.9 cm³/mol. The normalized spacial score (nSPS) is 11.3. The van der Waals surface area contributed by atoms with E-state index in [2.05, 4.69) is 9.72 Å². The van der Waals surface area contributed by atoms with Crippen LogP contribution in [-0.4, -0.2) is 17.6 Å². The van der Waals surface area contributed by atoms with Gasteiger partial charge in [-0.3, -0.25) is 4.98 Å². The van der Waals surface area contributed by atoms with Crippen molar-refractivity contribution in [1.82, 2.24) is 4.98 Å². The van der Waals surface area contributed by atoms with Crippen LogP contribution in [0.25, 0.3) is 0 Å². The molecular formula is C10H10F3NO2. The van der Waals surface area contributed by atoms with Gasteiger partial charge >= 0.3 is 12.1 Å². The Balaban J connectivity index is 3.23. The van der Waals surface area contributed by atoms with Crippen LogP contribution in [-0.2, 0) is 10.9 Å². The Morgan fingerprint density at radius 1 is 1.50 bits per heavy atom. The summed E-state index contributed by atoms with van der Waals surface area (Å²) in [6.07, 6.45) is -3.70. The first-order valence-corrected chi connectivity index (χ1v) is 4.57. The molecule has 0 saturated heterocycles. The Bertz CT molecular complexity index is 402. The Kier molecular flexibility index (Phi) is 3.51. The van der Waals surface area contributed by atoms with E-state index in [1.54, 1.807) is 0 Å². The van der Waals surface area contributed by atoms with E-state index >= 15 is 0 Å². The van der Waals surface area contributed by atoms with Crippen molar-refractivity contribution in [3.05, 3.63) is 29.1 Å². The molecular weight excluding hydrogens is 223 g/mol. The minimum Gasteiger partial charge on any atom is -0.462 e. The summed E-state index contributed by atoms with van der Waals surface area (Å²) in [5, 5.41) is 0. The summed E-state index contributed by atoms with van der Waals surface area (Å²) in [7, 11) is 0. The van der Waals surface area contributed by atoms with E-state index in [1.807, 2.05) is 0 Å². The molecule has 1 aromatic heterocycles. The lowest BCUT2D eigenvalue weighted by atomic mass is 10.1. The van der Waals surface area contributed by atoms with Crippen LogP contribution < -0.4 is 0 Å². The van der Waals surface area contributed by atoms with E-state index in [1.165, 1.54) is 13.8 Å². The van der Waals surface area contributed by atoms with Crippen molar-refractivity contribution in [2.24, 2.45) is 0 Å². The van der Waals surface area contributed by atoms with Gasteiger partial charge < -0.3 is 4.74 Å². The van der Waals surface area contributed by atoms with Gasteiger partial charge in [-0.1, -0.05) is 0 Å². The number of aryl methyl sites for hydroxylation is 1. The highest BCUT2D eigenvalue weighted by Crippen LogP contribution is 2.32. The van der Waals surface area contributed by atoms with Crippen LogP contribution in [0, 0.1) is 6.92 Å². The summed E-state index contributed by atoms with van der Waals surface area (Å²) in [5.41, 5.74) is -1.38. The van der Waals surface area contributed by atoms with Crippen LogP contribution in [0.3, 0.4) is 0 Å². The number of hydrogen-bond donors (Lipinski definition) is 0. The van der Waals surface area contributed by atoms with Gasteiger partial charge in [-0.25, -0.2) is 4.79 Å². The van der Waals surface area contributed by atoms with Gasteiger partial charge in [0.15, 0.2) is 0 Å². The van der Waals surface area contributed by atoms with Crippen molar-refractivity contribution in [3.8, 4) is 0 Å². The summed E-state index contributed by atoms with van der Waals surface area (Å²) in [6, 6.07) is 0.826. The molecule has 0 atom stereocenters. The monoisotopic (exact) mass is 233 g/mol. The zero-order valence-corrected chi connectivity index (χ0v) is 8.76. The van der Waals surface area contributed by atoms with Crippen molar-refractivity contribution in [2.75, 3.05) is 6.61 Å². The van der Waals surface area contributed by atoms with E-state index in [-0.39, 0.29) is 12.3 Å². The molecule has 0 aromatic carbocycles. The second-order valence-corrected chi connectivity index (χ2v) is 3.09. The molecule has 0 N–H and O–H groups in total. The lowest BCUT2D eigenvalue weighted by Crippen LogP contribution is -2.16. The first-order chi connectivity index (χ1) is 7.36. The van der Waals surface area contributed by atoms with Crippen molar-refractivity contribution in [1.29, 1.82) is 0 Å². The molecule has 0 aliphatic carbocycles. The van der Waals surface area contributed by atoms with Gasteiger partial charge in [0.25, 0.3) is 0 Å². The third kappa shape index (κ3) is 2.71. The fourth-order valence-corrected chi connectivity index (χ4v) is 1.17. The molecule has 88 valence electrons. The summed E-state index contributed by atoms with van der Waals surface area (Å²) < 4.78 is 42.3. The molecule has 0 bridgehead atoms. The van der Waals surface area contributed by atoms with Crippen LogP contribution in [0.4, 0.5) is 13.2 Å². The fraction of sp³-hybridized carbons (Fsp3) is 0.400. The summed E-state index contributed by atoms with van der Waals surface area (Å²) >= 11 is 0. The molecule has 0 fully saturated rings. The minimum absolute atomic E-state index is 0.0179. The first-order valence-electron chi connectivity index (χ1n) is 4.57. The van der Waals surface area contributed by atoms with E-state index < -0.39 is 23.3 Å². The number of aromatic nitrogens is 1. The maximum absolute atomic E-state index is 12.6. The SMILES string of the molecule is CCOC(=O)c1cnc(C)cc1C(F)(F)F. The molecule has 0 spiro atoms. The minimum atomic E-state index is -4.59. The van der Waals surface area contributed by atoms with Gasteiger partial charge in [0.2, 0.25) is 0 Å². The maximum atomic E-state index is 12.6. The van der Waals surface area contributed by atoms with E-state index in [0.29, 0.717) is 0 Å². The smallest absolute Gasteiger partial charge is 0.417 e. The summed E-state index contributed by atoms with van der Waals surface area (Å²) in [5.74, 6) is -1.01. The van der Waals surface area contributed by atoms with Crippen LogP contribution in [0.1, 0.15) is 28.5 Å². The number of alkyl halides is 3. The van der Waals surface area contributed by atoms with E-state index in [9.17, 15) is 18.0 Å². The van der Waals surface area contributed by atoms with Gasteiger partial charge in [-0.2, -0.15) is 13.2 Å². The maximum Gasteiger partial charge on any atom is 0.417 e. The average molecular weight is 233 g/mol. The first kappa shape index (κ1) is 12.5. The number of nitrogens with zero attached hydrogens (tertiary/aromatic N) is 1. The molecule has 0 amide bonds. The molecule has 0 radical (unpaired) electrons. The van der Waals surface area contributed by atoms with E-state index in [0.717, 1.165) is 12.3 Å². The molecule has 1 heterocycles. The number of ether oxygens (including phenoxy) is 1. The summed E-state index contributed by atoms with van der Waals surface area (Å²) in [4.78, 5) is 14.9. The van der Waals surface area contributed by atoms with Crippen molar-refractivity contribution in [2.45, 2.75) is 20.0 Å². The molecule has 0 saturated carbocycles. The predicted octanol–water partition coefficient (Wildman–Crippen LogP) is 2.59. The van der Waals surface area contributed by atoms with Gasteiger partial charge in [0.05, 0.1) is 17.7 Å². The number of hydrogen-bond acceptors (Lipinski definition) is 3. The lowest BCUT2D eigenvalue weighted by molar-refractivity contribution is -0.138. The standard InChI is InChI=1S/C10H10F3NO2/c1-3-16-9(15)7-5-14-6(2)4-8(7)10(11,12)13/h4-5H,3H2,1-2H3. The van der Waals surface area contributed by atoms with Gasteiger partial charge in [0.1, 0.15) is 0 Å². The number of pyridine rings is 1. The zero-order valence-electron chi connectivity index (χ0n) is 8.76. The molecule has 16 heavy (non-hydrogen) atoms. The topological polar surface area (TPSA) is 39.2 Å². The van der Waals surface area contributed by atoms with Crippen molar-refractivity contribution in [3.63, 3.8) is 0 Å². The zero-order chi connectivity index (χ0) is 12.3. The molecule has 0 aliphatic rings. The molecule has 1 aromatic rings. The fourth-order valence-electron chi connectivity index (χ4n) is 1.17. The van der Waals surface area contributed by atoms with Gasteiger partial charge in [0, 0.05) is 11.9 Å². The quantitative estimate of drug-likeness (QED) is 0.737. The second-order valence-electron chi connectivity index (χ2n) is 3.09. The highest BCUT2D eigenvalue weighted by molar-refractivity contribution is 5.91. The average Bonchev–Trinajstić information content (AvgIpc) is 2.16. The van der Waals surface area contributed by atoms with Crippen LogP contribution in [0.15, 0.2) is 12.3 Å². The second kappa shape index (κ2) is 4.51.